The summed E-state index contributed by atoms with van der Waals surface area (Å²) in [6.07, 6.45) is 0. The van der Waals surface area contributed by atoms with Gasteiger partial charge in [0.2, 0.25) is 0 Å². The van der Waals surface area contributed by atoms with E-state index in [1.807, 2.05) is 12.1 Å². The molecule has 0 aliphatic heterocycles. The predicted molar refractivity (Wildman–Crippen MR) is 77.9 cm³/mol. The van der Waals surface area contributed by atoms with Crippen LogP contribution in [0.15, 0.2) is 22.7 Å². The van der Waals surface area contributed by atoms with Crippen LogP contribution in [-0.4, -0.2) is 36.3 Å². The lowest BCUT2D eigenvalue weighted by Crippen LogP contribution is -2.38. The van der Waals surface area contributed by atoms with Gasteiger partial charge in [-0.3, -0.25) is 4.90 Å². The second-order valence-corrected chi connectivity index (χ2v) is 5.43. The zero-order valence-corrected chi connectivity index (χ0v) is 13.1. The Morgan fingerprint density at radius 1 is 1.39 bits per heavy atom. The molecule has 0 fully saturated rings. The molecule has 0 bridgehead atoms. The fraction of sp³-hybridized carbons (Fsp3) is 0.571. The average molecular weight is 316 g/mol. The van der Waals surface area contributed by atoms with E-state index in [-0.39, 0.29) is 6.04 Å². The molecule has 3 nitrogen and oxygen atoms in total. The number of ether oxygens (including phenoxy) is 1. The third-order valence-corrected chi connectivity index (χ3v) is 3.77. The summed E-state index contributed by atoms with van der Waals surface area (Å²) in [5.74, 6) is 0.341. The summed E-state index contributed by atoms with van der Waals surface area (Å²) >= 11 is 3.45. The van der Waals surface area contributed by atoms with Gasteiger partial charge < -0.3 is 9.84 Å². The second kappa shape index (κ2) is 7.12. The molecule has 1 aromatic rings. The van der Waals surface area contributed by atoms with Crippen molar-refractivity contribution in [1.29, 1.82) is 0 Å². The zero-order chi connectivity index (χ0) is 13.7. The predicted octanol–water partition coefficient (Wildman–Crippen LogP) is 3.57. The van der Waals surface area contributed by atoms with Crippen LogP contribution in [0.3, 0.4) is 0 Å². The summed E-state index contributed by atoms with van der Waals surface area (Å²) in [6.45, 7) is 7.97. The Kier molecular flexibility index (Phi) is 6.12. The number of rotatable bonds is 6. The van der Waals surface area contributed by atoms with Gasteiger partial charge >= 0.3 is 0 Å². The first-order valence-corrected chi connectivity index (χ1v) is 7.03. The van der Waals surface area contributed by atoms with Crippen molar-refractivity contribution in [3.8, 4) is 5.75 Å². The molecular weight excluding hydrogens is 294 g/mol. The molecule has 2 atom stereocenters. The van der Waals surface area contributed by atoms with Crippen molar-refractivity contribution in [2.24, 2.45) is 0 Å². The Bertz CT molecular complexity index is 384. The SMILES string of the molecule is CCN(C(C)COC)C(C)c1cc(Br)ccc1O. The van der Waals surface area contributed by atoms with E-state index < -0.39 is 0 Å². The van der Waals surface area contributed by atoms with Crippen molar-refractivity contribution in [2.45, 2.75) is 32.9 Å². The molecular formula is C14H22BrNO2. The number of hydrogen-bond donors (Lipinski definition) is 1. The highest BCUT2D eigenvalue weighted by Crippen LogP contribution is 2.31. The average Bonchev–Trinajstić information content (AvgIpc) is 2.33. The van der Waals surface area contributed by atoms with Gasteiger partial charge in [-0.05, 0) is 38.6 Å². The number of halogens is 1. The summed E-state index contributed by atoms with van der Waals surface area (Å²) in [6, 6.07) is 6.01. The monoisotopic (exact) mass is 315 g/mol. The molecule has 2 unspecified atom stereocenters. The molecule has 0 heterocycles. The highest BCUT2D eigenvalue weighted by atomic mass is 79.9. The molecule has 0 radical (unpaired) electrons. The fourth-order valence-corrected chi connectivity index (χ4v) is 2.72. The van der Waals surface area contributed by atoms with Crippen LogP contribution in [-0.2, 0) is 4.74 Å². The molecule has 1 aromatic carbocycles. The Morgan fingerprint density at radius 3 is 2.61 bits per heavy atom. The van der Waals surface area contributed by atoms with Crippen molar-refractivity contribution in [3.63, 3.8) is 0 Å². The molecule has 0 saturated heterocycles. The lowest BCUT2D eigenvalue weighted by Gasteiger charge is -2.33. The van der Waals surface area contributed by atoms with Gasteiger partial charge in [0.25, 0.3) is 0 Å². The molecule has 0 aromatic heterocycles. The van der Waals surface area contributed by atoms with Crippen LogP contribution in [0.4, 0.5) is 0 Å². The summed E-state index contributed by atoms with van der Waals surface area (Å²) in [7, 11) is 1.71. The van der Waals surface area contributed by atoms with E-state index in [0.717, 1.165) is 16.6 Å². The third kappa shape index (κ3) is 3.70. The molecule has 4 heteroatoms. The number of phenols is 1. The van der Waals surface area contributed by atoms with E-state index in [2.05, 4.69) is 41.6 Å². The summed E-state index contributed by atoms with van der Waals surface area (Å²) in [5, 5.41) is 9.98. The van der Waals surface area contributed by atoms with Gasteiger partial charge in [0.15, 0.2) is 0 Å². The molecule has 0 saturated carbocycles. The van der Waals surface area contributed by atoms with Gasteiger partial charge in [-0.25, -0.2) is 0 Å². The normalized spacial score (nSPS) is 14.8. The Labute approximate surface area is 118 Å². The lowest BCUT2D eigenvalue weighted by molar-refractivity contribution is 0.0775. The van der Waals surface area contributed by atoms with Crippen LogP contribution in [0.5, 0.6) is 5.75 Å². The molecule has 0 aliphatic rings. The summed E-state index contributed by atoms with van der Waals surface area (Å²) in [4.78, 5) is 2.31. The van der Waals surface area contributed by atoms with Crippen LogP contribution in [0.1, 0.15) is 32.4 Å². The maximum atomic E-state index is 9.98. The number of benzene rings is 1. The minimum atomic E-state index is 0.151. The standard InChI is InChI=1S/C14H22BrNO2/c1-5-16(10(2)9-18-4)11(3)13-8-12(15)6-7-14(13)17/h6-8,10-11,17H,5,9H2,1-4H3. The number of aromatic hydroxyl groups is 1. The number of methoxy groups -OCH3 is 1. The maximum Gasteiger partial charge on any atom is 0.120 e. The van der Waals surface area contributed by atoms with Gasteiger partial charge in [0.05, 0.1) is 6.61 Å². The number of nitrogens with zero attached hydrogens (tertiary/aromatic N) is 1. The smallest absolute Gasteiger partial charge is 0.120 e. The number of hydrogen-bond acceptors (Lipinski definition) is 3. The minimum absolute atomic E-state index is 0.151. The van der Waals surface area contributed by atoms with E-state index in [9.17, 15) is 5.11 Å². The van der Waals surface area contributed by atoms with Crippen molar-refractivity contribution in [3.05, 3.63) is 28.2 Å². The molecule has 102 valence electrons. The van der Waals surface area contributed by atoms with Crippen LogP contribution in [0.25, 0.3) is 0 Å². The first-order chi connectivity index (χ1) is 8.51. The van der Waals surface area contributed by atoms with Crippen molar-refractivity contribution >= 4 is 15.9 Å². The van der Waals surface area contributed by atoms with Crippen LogP contribution < -0.4 is 0 Å². The van der Waals surface area contributed by atoms with Gasteiger partial charge in [-0.15, -0.1) is 0 Å². The van der Waals surface area contributed by atoms with E-state index in [1.165, 1.54) is 0 Å². The maximum absolute atomic E-state index is 9.98. The van der Waals surface area contributed by atoms with Gasteiger partial charge in [-0.2, -0.15) is 0 Å². The first kappa shape index (κ1) is 15.5. The Morgan fingerprint density at radius 2 is 2.06 bits per heavy atom. The van der Waals surface area contributed by atoms with E-state index >= 15 is 0 Å². The molecule has 0 amide bonds. The van der Waals surface area contributed by atoms with E-state index in [1.54, 1.807) is 13.2 Å². The molecule has 1 N–H and O–H groups in total. The minimum Gasteiger partial charge on any atom is -0.508 e. The molecule has 1 rings (SSSR count). The highest BCUT2D eigenvalue weighted by molar-refractivity contribution is 9.10. The molecule has 0 spiro atoms. The summed E-state index contributed by atoms with van der Waals surface area (Å²) in [5.41, 5.74) is 0.939. The van der Waals surface area contributed by atoms with E-state index in [0.29, 0.717) is 18.4 Å². The number of likely N-dealkylation sites (N-methyl/N-ethyl adjacent to an activating group) is 1. The quantitative estimate of drug-likeness (QED) is 0.871. The topological polar surface area (TPSA) is 32.7 Å². The first-order valence-electron chi connectivity index (χ1n) is 6.24. The van der Waals surface area contributed by atoms with Crippen molar-refractivity contribution < 1.29 is 9.84 Å². The molecule has 0 aliphatic carbocycles. The van der Waals surface area contributed by atoms with Crippen molar-refractivity contribution in [1.82, 2.24) is 4.90 Å². The Hall–Kier alpha value is -0.580. The van der Waals surface area contributed by atoms with Crippen LogP contribution in [0, 0.1) is 0 Å². The highest BCUT2D eigenvalue weighted by Gasteiger charge is 2.22. The largest absolute Gasteiger partial charge is 0.508 e. The summed E-state index contributed by atoms with van der Waals surface area (Å²) < 4.78 is 6.20. The lowest BCUT2D eigenvalue weighted by atomic mass is 10.0. The van der Waals surface area contributed by atoms with Gasteiger partial charge in [0, 0.05) is 29.2 Å². The van der Waals surface area contributed by atoms with Crippen LogP contribution in [0.2, 0.25) is 0 Å². The van der Waals surface area contributed by atoms with Crippen LogP contribution >= 0.6 is 15.9 Å². The fourth-order valence-electron chi connectivity index (χ4n) is 2.34. The zero-order valence-electron chi connectivity index (χ0n) is 11.5. The second-order valence-electron chi connectivity index (χ2n) is 4.51. The van der Waals surface area contributed by atoms with Gasteiger partial charge in [-0.1, -0.05) is 22.9 Å². The number of phenolic OH excluding ortho intramolecular Hbond substituents is 1. The molecule has 18 heavy (non-hydrogen) atoms. The Balaban J connectivity index is 2.95. The third-order valence-electron chi connectivity index (χ3n) is 3.28. The van der Waals surface area contributed by atoms with Crippen molar-refractivity contribution in [2.75, 3.05) is 20.3 Å². The van der Waals surface area contributed by atoms with Gasteiger partial charge in [0.1, 0.15) is 5.75 Å². The van der Waals surface area contributed by atoms with E-state index in [4.69, 9.17) is 4.74 Å².